The predicted octanol–water partition coefficient (Wildman–Crippen LogP) is 2.93. The van der Waals surface area contributed by atoms with E-state index in [1.807, 2.05) is 32.0 Å². The summed E-state index contributed by atoms with van der Waals surface area (Å²) in [4.78, 5) is 24.5. The molecule has 2 aromatic rings. The van der Waals surface area contributed by atoms with E-state index in [1.54, 1.807) is 19.1 Å². The van der Waals surface area contributed by atoms with Crippen molar-refractivity contribution in [2.24, 2.45) is 0 Å². The first-order valence-electron chi connectivity index (χ1n) is 10.1. The number of fused-ring (bicyclic) bond motifs is 1. The molecular weight excluding hydrogens is 418 g/mol. The molecule has 31 heavy (non-hydrogen) atoms. The molecule has 0 radical (unpaired) electrons. The second-order valence-electron chi connectivity index (χ2n) is 7.48. The first kappa shape index (κ1) is 22.8. The van der Waals surface area contributed by atoms with Crippen molar-refractivity contribution in [2.75, 3.05) is 24.2 Å². The summed E-state index contributed by atoms with van der Waals surface area (Å²) in [6.07, 6.45) is 0.616. The van der Waals surface area contributed by atoms with Crippen LogP contribution in [0.5, 0.6) is 5.75 Å². The smallest absolute Gasteiger partial charge is 0.265 e. The molecule has 2 amide bonds. The van der Waals surface area contributed by atoms with Crippen molar-refractivity contribution in [3.63, 3.8) is 0 Å². The number of hydrogen-bond donors (Lipinski definition) is 2. The fraction of sp³-hybridized carbons (Fsp3) is 0.364. The number of anilines is 2. The minimum absolute atomic E-state index is 0.0283. The van der Waals surface area contributed by atoms with E-state index in [9.17, 15) is 18.0 Å². The molecule has 1 heterocycles. The molecule has 1 aliphatic heterocycles. The largest absolute Gasteiger partial charge is 0.478 e. The van der Waals surface area contributed by atoms with Crippen molar-refractivity contribution in [1.29, 1.82) is 0 Å². The first-order chi connectivity index (χ1) is 14.6. The number of amides is 2. The van der Waals surface area contributed by atoms with Crippen LogP contribution in [0.1, 0.15) is 31.4 Å². The summed E-state index contributed by atoms with van der Waals surface area (Å²) in [5, 5.41) is 5.48. The van der Waals surface area contributed by atoms with Crippen LogP contribution >= 0.6 is 0 Å². The highest BCUT2D eigenvalue weighted by Gasteiger charge is 2.31. The summed E-state index contributed by atoms with van der Waals surface area (Å²) >= 11 is 0. The Kier molecular flexibility index (Phi) is 6.66. The summed E-state index contributed by atoms with van der Waals surface area (Å²) in [6.45, 7) is 5.11. The molecule has 1 aliphatic rings. The average molecular weight is 446 g/mol. The van der Waals surface area contributed by atoms with E-state index in [2.05, 4.69) is 10.6 Å². The molecule has 0 aromatic heterocycles. The van der Waals surface area contributed by atoms with E-state index in [1.165, 1.54) is 13.1 Å². The molecule has 3 rings (SSSR count). The highest BCUT2D eigenvalue weighted by atomic mass is 32.2. The van der Waals surface area contributed by atoms with Gasteiger partial charge < -0.3 is 15.4 Å². The number of hydrogen-bond acceptors (Lipinski definition) is 5. The second kappa shape index (κ2) is 9.07. The Morgan fingerprint density at radius 2 is 1.97 bits per heavy atom. The number of aryl methyl sites for hydroxylation is 2. The number of rotatable bonds is 7. The molecule has 0 aliphatic carbocycles. The Hall–Kier alpha value is -2.91. The van der Waals surface area contributed by atoms with E-state index < -0.39 is 22.0 Å². The Morgan fingerprint density at radius 1 is 1.23 bits per heavy atom. The standard InChI is InChI=1S/C22H27N3O5S/c1-5-15-8-7-9-16(11-15)23-21(26)13-25(4)31(28,29)20-12-19-17(10-14(20)3)24-22(27)18(6-2)30-19/h7-12,18H,5-6,13H2,1-4H3,(H,23,26)(H,24,27)/t18-/m1/s1. The molecule has 0 spiro atoms. The molecular formula is C22H27N3O5S. The third-order valence-corrected chi connectivity index (χ3v) is 7.09. The Morgan fingerprint density at radius 3 is 2.65 bits per heavy atom. The van der Waals surface area contributed by atoms with Gasteiger partial charge in [-0.3, -0.25) is 9.59 Å². The maximum absolute atomic E-state index is 13.1. The monoisotopic (exact) mass is 445 g/mol. The zero-order valence-electron chi connectivity index (χ0n) is 18.1. The number of ether oxygens (including phenoxy) is 1. The van der Waals surface area contributed by atoms with E-state index in [0.29, 0.717) is 29.1 Å². The number of likely N-dealkylation sites (N-methyl/N-ethyl adjacent to an activating group) is 1. The molecule has 166 valence electrons. The topological polar surface area (TPSA) is 105 Å². The van der Waals surface area contributed by atoms with Gasteiger partial charge >= 0.3 is 0 Å². The summed E-state index contributed by atoms with van der Waals surface area (Å²) < 4.78 is 33.0. The lowest BCUT2D eigenvalue weighted by molar-refractivity contribution is -0.123. The third kappa shape index (κ3) is 4.88. The van der Waals surface area contributed by atoms with Gasteiger partial charge in [0.1, 0.15) is 5.75 Å². The maximum atomic E-state index is 13.1. The van der Waals surface area contributed by atoms with Crippen molar-refractivity contribution in [1.82, 2.24) is 4.31 Å². The van der Waals surface area contributed by atoms with E-state index >= 15 is 0 Å². The SMILES string of the molecule is CCc1cccc(NC(=O)CN(C)S(=O)(=O)c2cc3c(cc2C)NC(=O)[C@@H](CC)O3)c1. The first-order valence-corrected chi connectivity index (χ1v) is 11.6. The van der Waals surface area contributed by atoms with Gasteiger partial charge in [-0.2, -0.15) is 4.31 Å². The van der Waals surface area contributed by atoms with Gasteiger partial charge in [0, 0.05) is 18.8 Å². The van der Waals surface area contributed by atoms with Gasteiger partial charge in [0.05, 0.1) is 17.1 Å². The average Bonchev–Trinajstić information content (AvgIpc) is 2.72. The highest BCUT2D eigenvalue weighted by molar-refractivity contribution is 7.89. The zero-order valence-corrected chi connectivity index (χ0v) is 18.9. The third-order valence-electron chi connectivity index (χ3n) is 5.14. The van der Waals surface area contributed by atoms with E-state index in [0.717, 1.165) is 16.3 Å². The number of benzene rings is 2. The van der Waals surface area contributed by atoms with Crippen molar-refractivity contribution in [3.8, 4) is 5.75 Å². The fourth-order valence-corrected chi connectivity index (χ4v) is 4.70. The Labute approximate surface area is 182 Å². The van der Waals surface area contributed by atoms with Crippen LogP contribution in [0.4, 0.5) is 11.4 Å². The van der Waals surface area contributed by atoms with E-state index in [-0.39, 0.29) is 17.3 Å². The molecule has 0 saturated heterocycles. The van der Waals surface area contributed by atoms with Crippen LogP contribution in [0.25, 0.3) is 0 Å². The van der Waals surface area contributed by atoms with Crippen LogP contribution in [-0.4, -0.2) is 44.2 Å². The normalized spacial score (nSPS) is 15.8. The summed E-state index contributed by atoms with van der Waals surface area (Å²) in [5.74, 6) is -0.403. The molecule has 0 fully saturated rings. The molecule has 2 N–H and O–H groups in total. The number of nitrogens with one attached hydrogen (secondary N) is 2. The highest BCUT2D eigenvalue weighted by Crippen LogP contribution is 2.35. The van der Waals surface area contributed by atoms with Crippen LogP contribution in [-0.2, 0) is 26.0 Å². The molecule has 0 saturated carbocycles. The Balaban J connectivity index is 1.79. The minimum atomic E-state index is -3.96. The molecule has 8 nitrogen and oxygen atoms in total. The Bertz CT molecular complexity index is 1110. The molecule has 2 aromatic carbocycles. The summed E-state index contributed by atoms with van der Waals surface area (Å²) in [7, 11) is -2.61. The van der Waals surface area contributed by atoms with Crippen LogP contribution in [0, 0.1) is 6.92 Å². The lowest BCUT2D eigenvalue weighted by Crippen LogP contribution is -2.37. The van der Waals surface area contributed by atoms with E-state index in [4.69, 9.17) is 4.74 Å². The van der Waals surface area contributed by atoms with Gasteiger partial charge in [-0.1, -0.05) is 26.0 Å². The number of carbonyl (C=O) groups is 2. The van der Waals surface area contributed by atoms with Crippen LogP contribution in [0.15, 0.2) is 41.3 Å². The van der Waals surface area contributed by atoms with Crippen LogP contribution in [0.3, 0.4) is 0 Å². The summed E-state index contributed by atoms with van der Waals surface area (Å²) in [6, 6.07) is 10.4. The lowest BCUT2D eigenvalue weighted by atomic mass is 10.1. The number of sulfonamides is 1. The van der Waals surface area contributed by atoms with Crippen molar-refractivity contribution in [2.45, 2.75) is 44.6 Å². The lowest BCUT2D eigenvalue weighted by Gasteiger charge is -2.27. The minimum Gasteiger partial charge on any atom is -0.478 e. The van der Waals surface area contributed by atoms with Gasteiger partial charge in [0.2, 0.25) is 15.9 Å². The number of carbonyl (C=O) groups excluding carboxylic acids is 2. The maximum Gasteiger partial charge on any atom is 0.265 e. The van der Waals surface area contributed by atoms with Crippen LogP contribution < -0.4 is 15.4 Å². The van der Waals surface area contributed by atoms with Crippen molar-refractivity contribution in [3.05, 3.63) is 47.5 Å². The van der Waals surface area contributed by atoms with Crippen LogP contribution in [0.2, 0.25) is 0 Å². The quantitative estimate of drug-likeness (QED) is 0.682. The summed E-state index contributed by atoms with van der Waals surface area (Å²) in [5.41, 5.74) is 2.57. The number of nitrogens with zero attached hydrogens (tertiary/aromatic N) is 1. The molecule has 0 bridgehead atoms. The molecule has 1 atom stereocenters. The second-order valence-corrected chi connectivity index (χ2v) is 9.49. The van der Waals surface area contributed by atoms with Gasteiger partial charge in [-0.15, -0.1) is 0 Å². The fourth-order valence-electron chi connectivity index (χ4n) is 3.36. The van der Waals surface area contributed by atoms with Gasteiger partial charge in [-0.25, -0.2) is 8.42 Å². The van der Waals surface area contributed by atoms with Crippen molar-refractivity contribution < 1.29 is 22.7 Å². The van der Waals surface area contributed by atoms with Gasteiger partial charge in [0.25, 0.3) is 5.91 Å². The van der Waals surface area contributed by atoms with Gasteiger partial charge in [0.15, 0.2) is 6.10 Å². The molecule has 9 heteroatoms. The molecule has 0 unspecified atom stereocenters. The van der Waals surface area contributed by atoms with Crippen molar-refractivity contribution >= 4 is 33.2 Å². The van der Waals surface area contributed by atoms with Gasteiger partial charge in [-0.05, 0) is 49.1 Å². The zero-order chi connectivity index (χ0) is 22.8. The predicted molar refractivity (Wildman–Crippen MR) is 119 cm³/mol.